The minimum Gasteiger partial charge on any atom is -0.397 e. The molecule has 2 heterocycles. The predicted octanol–water partition coefficient (Wildman–Crippen LogP) is 3.81. The van der Waals surface area contributed by atoms with E-state index in [9.17, 15) is 4.79 Å². The Balaban J connectivity index is 0.000000165. The monoisotopic (exact) mass is 452 g/mol. The molecule has 33 heavy (non-hydrogen) atoms. The molecule has 0 amide bonds. The van der Waals surface area contributed by atoms with Gasteiger partial charge in [0.05, 0.1) is 11.4 Å². The van der Waals surface area contributed by atoms with Crippen molar-refractivity contribution in [3.8, 4) is 0 Å². The number of carbonyl (C=O) groups is 1. The highest BCUT2D eigenvalue weighted by Crippen LogP contribution is 2.32. The lowest BCUT2D eigenvalue weighted by molar-refractivity contribution is -0.107. The minimum atomic E-state index is -0.446. The van der Waals surface area contributed by atoms with Gasteiger partial charge in [0.2, 0.25) is 0 Å². The Kier molecular flexibility index (Phi) is 7.23. The van der Waals surface area contributed by atoms with E-state index in [1.165, 1.54) is 22.2 Å². The first kappa shape index (κ1) is 22.4. The van der Waals surface area contributed by atoms with E-state index in [2.05, 4.69) is 101 Å². The van der Waals surface area contributed by atoms with Crippen LogP contribution in [0.3, 0.4) is 0 Å². The van der Waals surface area contributed by atoms with Crippen molar-refractivity contribution in [1.82, 2.24) is 14.6 Å². The van der Waals surface area contributed by atoms with Crippen molar-refractivity contribution in [3.63, 3.8) is 0 Å². The molecule has 0 aliphatic heterocycles. The molecule has 0 aliphatic carbocycles. The second-order valence-electron chi connectivity index (χ2n) is 7.42. The zero-order valence-electron chi connectivity index (χ0n) is 18.4. The summed E-state index contributed by atoms with van der Waals surface area (Å²) in [6.07, 6.45) is 2.50. The maximum absolute atomic E-state index is 10.4. The summed E-state index contributed by atoms with van der Waals surface area (Å²) in [4.78, 5) is 14.5. The Bertz CT molecular complexity index is 1230. The molecule has 0 radical (unpaired) electrons. The molecule has 0 saturated carbocycles. The van der Waals surface area contributed by atoms with Crippen LogP contribution in [0.4, 0.5) is 5.69 Å². The van der Waals surface area contributed by atoms with E-state index in [4.69, 9.17) is 5.73 Å². The zero-order valence-corrected chi connectivity index (χ0v) is 19.3. The van der Waals surface area contributed by atoms with E-state index in [1.54, 1.807) is 4.52 Å². The highest BCUT2D eigenvalue weighted by Gasteiger charge is 2.15. The number of rotatable bonds is 5. The van der Waals surface area contributed by atoms with Crippen LogP contribution in [0.5, 0.6) is 0 Å². The van der Waals surface area contributed by atoms with Gasteiger partial charge in [0, 0.05) is 12.1 Å². The van der Waals surface area contributed by atoms with Crippen LogP contribution in [0.1, 0.15) is 11.4 Å². The van der Waals surface area contributed by atoms with Crippen LogP contribution in [0.25, 0.3) is 5.52 Å². The van der Waals surface area contributed by atoms with Crippen molar-refractivity contribution >= 4 is 41.3 Å². The van der Waals surface area contributed by atoms with Crippen LogP contribution in [0.15, 0.2) is 103 Å². The number of hydrogen-bond donors (Lipinski definition) is 1. The molecule has 0 saturated heterocycles. The summed E-state index contributed by atoms with van der Waals surface area (Å²) in [5.74, 6) is 0. The van der Waals surface area contributed by atoms with Gasteiger partial charge in [-0.15, -0.1) is 0 Å². The minimum absolute atomic E-state index is 0.264. The number of nitrogens with two attached hydrogens (primary N) is 1. The quantitative estimate of drug-likeness (QED) is 0.325. The number of aldehydes is 1. The third-order valence-corrected chi connectivity index (χ3v) is 7.60. The molecule has 164 valence electrons. The van der Waals surface area contributed by atoms with Crippen molar-refractivity contribution < 1.29 is 4.79 Å². The predicted molar refractivity (Wildman–Crippen MR) is 137 cm³/mol. The van der Waals surface area contributed by atoms with E-state index >= 15 is 0 Å². The van der Waals surface area contributed by atoms with Gasteiger partial charge in [-0.25, -0.2) is 9.50 Å². The average Bonchev–Trinajstić information content (AvgIpc) is 3.16. The second-order valence-corrected chi connectivity index (χ2v) is 9.64. The summed E-state index contributed by atoms with van der Waals surface area (Å²) >= 11 is 0. The Hall–Kier alpha value is -3.82. The summed E-state index contributed by atoms with van der Waals surface area (Å²) in [7, 11) is -0.446. The van der Waals surface area contributed by atoms with Crippen molar-refractivity contribution in [3.05, 3.63) is 115 Å². The van der Waals surface area contributed by atoms with Gasteiger partial charge in [0.15, 0.2) is 0 Å². The Morgan fingerprint density at radius 3 is 1.79 bits per heavy atom. The number of nitrogens with zero attached hydrogens (tertiary/aromatic N) is 3. The van der Waals surface area contributed by atoms with Crippen LogP contribution in [-0.2, 0) is 11.2 Å². The Morgan fingerprint density at radius 2 is 1.33 bits per heavy atom. The van der Waals surface area contributed by atoms with Gasteiger partial charge < -0.3 is 10.5 Å². The molecule has 0 atom stereocenters. The maximum atomic E-state index is 10.4. The number of aromatic nitrogens is 3. The number of benzene rings is 3. The van der Waals surface area contributed by atoms with Gasteiger partial charge >= 0.3 is 0 Å². The average molecular weight is 452 g/mol. The van der Waals surface area contributed by atoms with Crippen LogP contribution in [0.2, 0.25) is 0 Å². The number of nitrogen functional groups attached to an aromatic ring is 1. The molecule has 0 bridgehead atoms. The molecule has 6 heteroatoms. The van der Waals surface area contributed by atoms with Crippen molar-refractivity contribution in [2.45, 2.75) is 13.3 Å². The summed E-state index contributed by atoms with van der Waals surface area (Å²) in [5, 5.41) is 8.25. The molecule has 5 nitrogen and oxygen atoms in total. The second kappa shape index (κ2) is 10.7. The van der Waals surface area contributed by atoms with Crippen molar-refractivity contribution in [1.29, 1.82) is 0 Å². The topological polar surface area (TPSA) is 73.3 Å². The van der Waals surface area contributed by atoms with Crippen LogP contribution < -0.4 is 21.6 Å². The van der Waals surface area contributed by atoms with Crippen LogP contribution in [0, 0.1) is 6.92 Å². The SMILES string of the molecule is Cc1cc(N)c2c(CC=O)ncnn12.c1ccc(P(c2ccccc2)c2ccccc2)cc1. The lowest BCUT2D eigenvalue weighted by atomic mass is 10.3. The molecule has 2 N–H and O–H groups in total. The fraction of sp³-hybridized carbons (Fsp3) is 0.0741. The summed E-state index contributed by atoms with van der Waals surface area (Å²) in [6, 6.07) is 34.1. The van der Waals surface area contributed by atoms with Gasteiger partial charge in [-0.3, -0.25) is 0 Å². The van der Waals surface area contributed by atoms with E-state index < -0.39 is 7.92 Å². The number of anilines is 1. The fourth-order valence-electron chi connectivity index (χ4n) is 3.71. The molecule has 2 aromatic heterocycles. The number of aryl methyl sites for hydroxylation is 1. The number of carbonyl (C=O) groups excluding carboxylic acids is 1. The largest absolute Gasteiger partial charge is 0.397 e. The van der Waals surface area contributed by atoms with Gasteiger partial charge in [0.1, 0.15) is 18.1 Å². The lowest BCUT2D eigenvalue weighted by Gasteiger charge is -2.18. The molecule has 0 aliphatic rings. The first-order valence-electron chi connectivity index (χ1n) is 10.7. The third kappa shape index (κ3) is 5.16. The molecule has 0 fully saturated rings. The first-order chi connectivity index (χ1) is 16.2. The lowest BCUT2D eigenvalue weighted by Crippen LogP contribution is -2.20. The molecule has 5 aromatic rings. The van der Waals surface area contributed by atoms with Crippen molar-refractivity contribution in [2.24, 2.45) is 0 Å². The first-order valence-corrected chi connectivity index (χ1v) is 12.0. The molecular formula is C27H25N4OP. The normalized spacial score (nSPS) is 10.6. The summed E-state index contributed by atoms with van der Waals surface area (Å²) < 4.78 is 1.70. The molecule has 5 rings (SSSR count). The molecule has 0 unspecified atom stereocenters. The highest BCUT2D eigenvalue weighted by molar-refractivity contribution is 7.79. The molecule has 3 aromatic carbocycles. The van der Waals surface area contributed by atoms with Gasteiger partial charge in [0.25, 0.3) is 0 Å². The zero-order chi connectivity index (χ0) is 23.0. The maximum Gasteiger partial charge on any atom is 0.136 e. The molecule has 0 spiro atoms. The number of hydrogen-bond acceptors (Lipinski definition) is 4. The van der Waals surface area contributed by atoms with Gasteiger partial charge in [-0.05, 0) is 36.8 Å². The Labute approximate surface area is 194 Å². The van der Waals surface area contributed by atoms with Gasteiger partial charge in [-0.2, -0.15) is 5.10 Å². The van der Waals surface area contributed by atoms with E-state index in [1.807, 2.05) is 13.0 Å². The fourth-order valence-corrected chi connectivity index (χ4v) is 6.01. The van der Waals surface area contributed by atoms with E-state index in [0.717, 1.165) is 17.5 Å². The highest BCUT2D eigenvalue weighted by atomic mass is 31.1. The summed E-state index contributed by atoms with van der Waals surface area (Å²) in [6.45, 7) is 1.90. The smallest absolute Gasteiger partial charge is 0.136 e. The summed E-state index contributed by atoms with van der Waals surface area (Å²) in [5.41, 5.74) is 8.74. The van der Waals surface area contributed by atoms with Gasteiger partial charge in [-0.1, -0.05) is 91.0 Å². The van der Waals surface area contributed by atoms with Crippen LogP contribution >= 0.6 is 7.92 Å². The molecular weight excluding hydrogens is 427 g/mol. The van der Waals surface area contributed by atoms with E-state index in [0.29, 0.717) is 11.4 Å². The van der Waals surface area contributed by atoms with E-state index in [-0.39, 0.29) is 6.42 Å². The third-order valence-electron chi connectivity index (χ3n) is 5.16. The standard InChI is InChI=1S/C18H15P.C9H10N4O/c1-4-10-16(11-5-1)19(17-12-6-2-7-13-17)18-14-8-3-9-15-18;1-6-4-7(10)9-8(2-3-14)11-5-12-13(6)9/h1-15H;3-5H,2,10H2,1H3. The Morgan fingerprint density at radius 1 is 0.848 bits per heavy atom. The van der Waals surface area contributed by atoms with Crippen molar-refractivity contribution in [2.75, 3.05) is 5.73 Å². The number of fused-ring (bicyclic) bond motifs is 1. The van der Waals surface area contributed by atoms with Crippen LogP contribution in [-0.4, -0.2) is 20.9 Å².